The molecule has 0 saturated heterocycles. The van der Waals surface area contributed by atoms with E-state index >= 15 is 0 Å². The predicted octanol–water partition coefficient (Wildman–Crippen LogP) is 4.20. The van der Waals surface area contributed by atoms with Crippen LogP contribution in [0.5, 0.6) is 0 Å². The summed E-state index contributed by atoms with van der Waals surface area (Å²) in [7, 11) is 0. The second kappa shape index (κ2) is 8.41. The van der Waals surface area contributed by atoms with Gasteiger partial charge in [-0.3, -0.25) is 0 Å². The first-order chi connectivity index (χ1) is 12.5. The average Bonchev–Trinajstić information content (AvgIpc) is 2.61. The number of benzene rings is 2. The molecule has 3 rings (SSSR count). The van der Waals surface area contributed by atoms with E-state index in [2.05, 4.69) is 0 Å². The summed E-state index contributed by atoms with van der Waals surface area (Å²) in [5, 5.41) is 2.19. The van der Waals surface area contributed by atoms with Crippen LogP contribution in [0, 0.1) is 5.92 Å². The standard InChI is InChI=1S/C21H26O4Te/c1-16(22)24-26(25-17(2)23,15-18-8-4-3-5-9-18)21-13-12-19-10-6-7-11-20(19)14-21/h6-7,10-14,18H,3-5,8-9,15H2,1-2H3. The van der Waals surface area contributed by atoms with Gasteiger partial charge in [-0.2, -0.15) is 0 Å². The van der Waals surface area contributed by atoms with E-state index in [1.54, 1.807) is 0 Å². The third kappa shape index (κ3) is 4.58. The molecule has 0 spiro atoms. The van der Waals surface area contributed by atoms with Crippen molar-refractivity contribution in [2.24, 2.45) is 5.92 Å². The zero-order valence-corrected chi connectivity index (χ0v) is 17.7. The number of carbonyl (C=O) groups excluding carboxylic acids is 2. The van der Waals surface area contributed by atoms with Gasteiger partial charge in [0.2, 0.25) is 0 Å². The predicted molar refractivity (Wildman–Crippen MR) is 104 cm³/mol. The van der Waals surface area contributed by atoms with Crippen LogP contribution in [0.15, 0.2) is 42.5 Å². The maximum absolute atomic E-state index is 12.0. The maximum atomic E-state index is 12.0. The number of fused-ring (bicyclic) bond motifs is 1. The monoisotopic (exact) mass is 472 g/mol. The normalized spacial score (nSPS) is 16.2. The quantitative estimate of drug-likeness (QED) is 0.616. The summed E-state index contributed by atoms with van der Waals surface area (Å²) in [4.78, 5) is 23.9. The molecule has 2 aromatic carbocycles. The Hall–Kier alpha value is -1.57. The minimum atomic E-state index is -3.88. The summed E-state index contributed by atoms with van der Waals surface area (Å²) in [6.45, 7) is 2.82. The van der Waals surface area contributed by atoms with Crippen molar-refractivity contribution in [1.82, 2.24) is 0 Å². The molecule has 0 aromatic heterocycles. The molecular weight excluding hydrogens is 444 g/mol. The third-order valence-corrected chi connectivity index (χ3v) is 13.0. The van der Waals surface area contributed by atoms with Gasteiger partial charge in [-0.15, -0.1) is 0 Å². The molecule has 0 N–H and O–H groups in total. The summed E-state index contributed by atoms with van der Waals surface area (Å²) in [6.07, 6.45) is 5.88. The number of rotatable bonds is 5. The summed E-state index contributed by atoms with van der Waals surface area (Å²) >= 11 is -3.88. The van der Waals surface area contributed by atoms with Crippen molar-refractivity contribution in [1.29, 1.82) is 0 Å². The van der Waals surface area contributed by atoms with E-state index in [0.717, 1.165) is 27.2 Å². The SMILES string of the molecule is CC(=O)O[Te](CC1CCCCC1)(OC(C)=O)c1ccc2ccccc2c1. The van der Waals surface area contributed by atoms with Crippen LogP contribution in [-0.2, 0) is 15.8 Å². The Morgan fingerprint density at radius 2 is 1.54 bits per heavy atom. The molecule has 0 amide bonds. The van der Waals surface area contributed by atoms with Crippen LogP contribution in [-0.4, -0.2) is 30.9 Å². The number of hydrogen-bond donors (Lipinski definition) is 0. The molecule has 1 saturated carbocycles. The molecule has 1 aliphatic rings. The van der Waals surface area contributed by atoms with E-state index in [9.17, 15) is 9.59 Å². The van der Waals surface area contributed by atoms with Crippen molar-refractivity contribution >= 4 is 45.3 Å². The first-order valence-corrected chi connectivity index (χ1v) is 13.9. The molecule has 1 aliphatic carbocycles. The van der Waals surface area contributed by atoms with Gasteiger partial charge in [0, 0.05) is 0 Å². The molecule has 0 heterocycles. The van der Waals surface area contributed by atoms with Crippen LogP contribution in [0.2, 0.25) is 4.47 Å². The Morgan fingerprint density at radius 1 is 0.923 bits per heavy atom. The number of carbonyl (C=O) groups is 2. The van der Waals surface area contributed by atoms with E-state index in [-0.39, 0.29) is 11.9 Å². The second-order valence-electron chi connectivity index (χ2n) is 6.94. The molecule has 0 atom stereocenters. The van der Waals surface area contributed by atoms with Crippen LogP contribution in [0.25, 0.3) is 10.8 Å². The molecule has 1 fully saturated rings. The molecule has 2 aromatic rings. The molecular formula is C21H26O4Te. The third-order valence-electron chi connectivity index (χ3n) is 4.76. The van der Waals surface area contributed by atoms with Gasteiger partial charge in [0.25, 0.3) is 0 Å². The fourth-order valence-electron chi connectivity index (χ4n) is 3.68. The van der Waals surface area contributed by atoms with Crippen LogP contribution in [0.3, 0.4) is 0 Å². The Labute approximate surface area is 159 Å². The first-order valence-electron chi connectivity index (χ1n) is 9.18. The van der Waals surface area contributed by atoms with Crippen LogP contribution < -0.4 is 3.61 Å². The van der Waals surface area contributed by atoms with Gasteiger partial charge >= 0.3 is 160 Å². The molecule has 0 unspecified atom stereocenters. The molecule has 0 radical (unpaired) electrons. The van der Waals surface area contributed by atoms with Crippen molar-refractivity contribution in [3.05, 3.63) is 42.5 Å². The Balaban J connectivity index is 2.05. The zero-order valence-electron chi connectivity index (χ0n) is 15.4. The minimum absolute atomic E-state index is 0.364. The summed E-state index contributed by atoms with van der Waals surface area (Å²) in [5.74, 6) is -0.275. The fourth-order valence-corrected chi connectivity index (χ4v) is 11.8. The van der Waals surface area contributed by atoms with Crippen LogP contribution in [0.1, 0.15) is 46.0 Å². The molecule has 4 nitrogen and oxygen atoms in total. The van der Waals surface area contributed by atoms with Gasteiger partial charge < -0.3 is 0 Å². The molecule has 26 heavy (non-hydrogen) atoms. The van der Waals surface area contributed by atoms with E-state index in [1.165, 1.54) is 33.1 Å². The van der Waals surface area contributed by atoms with E-state index in [0.29, 0.717) is 10.4 Å². The summed E-state index contributed by atoms with van der Waals surface area (Å²) in [5.41, 5.74) is 0. The summed E-state index contributed by atoms with van der Waals surface area (Å²) in [6, 6.07) is 14.1. The van der Waals surface area contributed by atoms with E-state index in [1.807, 2.05) is 42.5 Å². The van der Waals surface area contributed by atoms with E-state index < -0.39 is 19.0 Å². The fraction of sp³-hybridized carbons (Fsp3) is 0.429. The van der Waals surface area contributed by atoms with Crippen molar-refractivity contribution in [3.8, 4) is 0 Å². The Kier molecular flexibility index (Phi) is 6.21. The molecule has 5 heteroatoms. The second-order valence-corrected chi connectivity index (χ2v) is 13.7. The van der Waals surface area contributed by atoms with Crippen molar-refractivity contribution in [3.63, 3.8) is 0 Å². The molecule has 140 valence electrons. The first kappa shape index (κ1) is 19.2. The van der Waals surface area contributed by atoms with Gasteiger partial charge in [0.05, 0.1) is 0 Å². The van der Waals surface area contributed by atoms with E-state index in [4.69, 9.17) is 6.20 Å². The molecule has 0 aliphatic heterocycles. The topological polar surface area (TPSA) is 52.6 Å². The van der Waals surface area contributed by atoms with Gasteiger partial charge in [-0.25, -0.2) is 0 Å². The van der Waals surface area contributed by atoms with Gasteiger partial charge in [0.15, 0.2) is 0 Å². The van der Waals surface area contributed by atoms with Crippen molar-refractivity contribution < 1.29 is 15.8 Å². The average molecular weight is 470 g/mol. The summed E-state index contributed by atoms with van der Waals surface area (Å²) < 4.78 is 13.4. The van der Waals surface area contributed by atoms with Crippen molar-refractivity contribution in [2.75, 3.05) is 0 Å². The van der Waals surface area contributed by atoms with Gasteiger partial charge in [-0.1, -0.05) is 0 Å². The Morgan fingerprint density at radius 3 is 2.15 bits per heavy atom. The van der Waals surface area contributed by atoms with Gasteiger partial charge in [-0.05, 0) is 0 Å². The van der Waals surface area contributed by atoms with Crippen molar-refractivity contribution in [2.45, 2.75) is 50.4 Å². The molecule has 0 bridgehead atoms. The van der Waals surface area contributed by atoms with Crippen LogP contribution >= 0.6 is 0 Å². The zero-order chi connectivity index (χ0) is 18.6. The van der Waals surface area contributed by atoms with Gasteiger partial charge in [0.1, 0.15) is 0 Å². The van der Waals surface area contributed by atoms with Crippen LogP contribution in [0.4, 0.5) is 0 Å². The Bertz CT molecular complexity index is 779. The number of hydrogen-bond acceptors (Lipinski definition) is 4.